The van der Waals surface area contributed by atoms with Gasteiger partial charge in [-0.15, -0.1) is 11.3 Å². The number of benzene rings is 2. The van der Waals surface area contributed by atoms with E-state index in [0.29, 0.717) is 17.2 Å². The number of hydrogen-bond acceptors (Lipinski definition) is 7. The minimum Gasteiger partial charge on any atom is -0.497 e. The molecule has 2 fully saturated rings. The molecule has 10 nitrogen and oxygen atoms in total. The second-order valence-corrected chi connectivity index (χ2v) is 15.1. The first-order valence-electron chi connectivity index (χ1n) is 13.4. The summed E-state index contributed by atoms with van der Waals surface area (Å²) in [5.74, 6) is -0.505. The summed E-state index contributed by atoms with van der Waals surface area (Å²) < 4.78 is 33.9. The first-order valence-corrected chi connectivity index (χ1v) is 16.1. The van der Waals surface area contributed by atoms with Crippen LogP contribution in [0.1, 0.15) is 37.4 Å². The van der Waals surface area contributed by atoms with Crippen molar-refractivity contribution in [2.45, 2.75) is 50.2 Å². The van der Waals surface area contributed by atoms with Crippen LogP contribution in [0.3, 0.4) is 0 Å². The van der Waals surface area contributed by atoms with Gasteiger partial charge in [-0.2, -0.15) is 0 Å². The van der Waals surface area contributed by atoms with E-state index in [1.807, 2.05) is 58.0 Å². The van der Waals surface area contributed by atoms with Gasteiger partial charge in [0, 0.05) is 23.9 Å². The monoisotopic (exact) mass is 632 g/mol. The van der Waals surface area contributed by atoms with Crippen molar-refractivity contribution in [3.63, 3.8) is 0 Å². The molecule has 0 radical (unpaired) electrons. The topological polar surface area (TPSA) is 125 Å². The first-order chi connectivity index (χ1) is 19.7. The lowest BCUT2D eigenvalue weighted by Crippen LogP contribution is -2.89. The molecule has 2 aliphatic rings. The molecule has 42 heavy (non-hydrogen) atoms. The van der Waals surface area contributed by atoms with Crippen molar-refractivity contribution < 1.29 is 27.5 Å². The maximum Gasteiger partial charge on any atom is 0.262 e. The van der Waals surface area contributed by atoms with E-state index in [-0.39, 0.29) is 34.3 Å². The molecule has 1 aromatic heterocycles. The SMILES string of the molecule is COc1ccc(S(=O)(=O)NCC(=O)N2CC3(C)[C@H]2CN3C(=O)C(NC(=O)c2cc3ccccc3s2)C(C)(C)C)c(Cl)c1. The zero-order valence-corrected chi connectivity index (χ0v) is 26.3. The van der Waals surface area contributed by atoms with Gasteiger partial charge in [0.1, 0.15) is 16.7 Å². The van der Waals surface area contributed by atoms with Crippen LogP contribution in [0.5, 0.6) is 5.75 Å². The predicted octanol–water partition coefficient (Wildman–Crippen LogP) is 3.50. The number of halogens is 1. The minimum absolute atomic E-state index is 0.0215. The van der Waals surface area contributed by atoms with Gasteiger partial charge >= 0.3 is 0 Å². The fraction of sp³-hybridized carbons (Fsp3) is 0.414. The number of amides is 3. The summed E-state index contributed by atoms with van der Waals surface area (Å²) in [5.41, 5.74) is -1.16. The largest absolute Gasteiger partial charge is 0.497 e. The van der Waals surface area contributed by atoms with Gasteiger partial charge in [0.15, 0.2) is 0 Å². The van der Waals surface area contributed by atoms with Gasteiger partial charge in [0.25, 0.3) is 5.91 Å². The fourth-order valence-corrected chi connectivity index (χ4v) is 7.95. The van der Waals surface area contributed by atoms with E-state index >= 15 is 0 Å². The smallest absolute Gasteiger partial charge is 0.262 e. The number of nitrogens with one attached hydrogen (secondary N) is 2. The molecular weight excluding hydrogens is 600 g/mol. The van der Waals surface area contributed by atoms with Gasteiger partial charge in [-0.05, 0) is 42.0 Å². The molecule has 3 atom stereocenters. The van der Waals surface area contributed by atoms with Gasteiger partial charge in [-0.1, -0.05) is 50.6 Å². The summed E-state index contributed by atoms with van der Waals surface area (Å²) in [6, 6.07) is 12.7. The predicted molar refractivity (Wildman–Crippen MR) is 161 cm³/mol. The van der Waals surface area contributed by atoms with Gasteiger partial charge in [0.05, 0.1) is 35.1 Å². The van der Waals surface area contributed by atoms with E-state index in [2.05, 4.69) is 10.0 Å². The molecule has 5 rings (SSSR count). The van der Waals surface area contributed by atoms with Crippen molar-refractivity contribution in [3.8, 4) is 5.75 Å². The first kappa shape index (κ1) is 30.3. The van der Waals surface area contributed by atoms with E-state index in [9.17, 15) is 22.8 Å². The zero-order valence-electron chi connectivity index (χ0n) is 23.9. The second-order valence-electron chi connectivity index (χ2n) is 11.9. The number of rotatable bonds is 8. The highest BCUT2D eigenvalue weighted by molar-refractivity contribution is 7.89. The van der Waals surface area contributed by atoms with Crippen LogP contribution in [-0.2, 0) is 19.6 Å². The number of hydrogen-bond donors (Lipinski definition) is 2. The van der Waals surface area contributed by atoms with Crippen LogP contribution in [0, 0.1) is 5.41 Å². The number of fused-ring (bicyclic) bond motifs is 2. The molecule has 0 aliphatic carbocycles. The van der Waals surface area contributed by atoms with Crippen molar-refractivity contribution in [3.05, 3.63) is 58.4 Å². The number of carbonyl (C=O) groups is 3. The lowest BCUT2D eigenvalue weighted by molar-refractivity contribution is -0.206. The van der Waals surface area contributed by atoms with E-state index in [1.165, 1.54) is 36.6 Å². The summed E-state index contributed by atoms with van der Waals surface area (Å²) in [6.45, 7) is 7.71. The summed E-state index contributed by atoms with van der Waals surface area (Å²) in [6.07, 6.45) is 0. The third-order valence-corrected chi connectivity index (χ3v) is 11.0. The molecule has 3 heterocycles. The Balaban J connectivity index is 1.21. The number of thiophene rings is 1. The molecule has 0 bridgehead atoms. The summed E-state index contributed by atoms with van der Waals surface area (Å²) in [5, 5.41) is 3.91. The van der Waals surface area contributed by atoms with Crippen molar-refractivity contribution in [1.82, 2.24) is 19.8 Å². The van der Waals surface area contributed by atoms with Crippen LogP contribution < -0.4 is 14.8 Å². The zero-order chi connectivity index (χ0) is 30.6. The quantitative estimate of drug-likeness (QED) is 0.392. The fourth-order valence-electron chi connectivity index (χ4n) is 5.48. The standard InChI is InChI=1S/C29H33ClN4O6S2/c1-28(2,3)25(32-26(36)21-12-17-8-6-7-9-20(17)41-21)27(37)34-15-23-29(34,4)16-33(23)24(35)14-31-42(38,39)22-11-10-18(40-5)13-19(22)30/h6-13,23,25,31H,14-16H2,1-5H3,(H,32,36)/t23-,25?,29?/m1/s1. The Hall–Kier alpha value is -3.19. The van der Waals surface area contributed by atoms with E-state index in [0.717, 1.165) is 10.1 Å². The Morgan fingerprint density at radius 2 is 1.88 bits per heavy atom. The maximum atomic E-state index is 13.8. The van der Waals surface area contributed by atoms with Crippen molar-refractivity contribution in [2.24, 2.45) is 5.41 Å². The Morgan fingerprint density at radius 3 is 2.48 bits per heavy atom. The number of methoxy groups -OCH3 is 1. The van der Waals surface area contributed by atoms with Gasteiger partial charge in [0.2, 0.25) is 21.8 Å². The van der Waals surface area contributed by atoms with Crippen LogP contribution in [-0.4, -0.2) is 80.3 Å². The van der Waals surface area contributed by atoms with Gasteiger partial charge in [-0.25, -0.2) is 13.1 Å². The number of nitrogens with zero attached hydrogens (tertiary/aromatic N) is 2. The molecule has 3 amide bonds. The Morgan fingerprint density at radius 1 is 1.17 bits per heavy atom. The van der Waals surface area contributed by atoms with Gasteiger partial charge in [-0.3, -0.25) is 14.4 Å². The normalized spacial score (nSPS) is 20.8. The number of carbonyl (C=O) groups excluding carboxylic acids is 3. The molecule has 2 aromatic carbocycles. The van der Waals surface area contributed by atoms with Crippen molar-refractivity contribution >= 4 is 60.8 Å². The highest BCUT2D eigenvalue weighted by Gasteiger charge is 2.65. The molecule has 224 valence electrons. The Bertz CT molecular complexity index is 1650. The van der Waals surface area contributed by atoms with Crippen molar-refractivity contribution in [2.75, 3.05) is 26.7 Å². The lowest BCUT2D eigenvalue weighted by atomic mass is 9.70. The molecule has 3 aromatic rings. The molecule has 0 spiro atoms. The third-order valence-electron chi connectivity index (χ3n) is 8.02. The average molecular weight is 633 g/mol. The number of piperazine rings is 1. The van der Waals surface area contributed by atoms with Crippen LogP contribution in [0.15, 0.2) is 53.4 Å². The molecule has 13 heteroatoms. The van der Waals surface area contributed by atoms with E-state index in [4.69, 9.17) is 16.3 Å². The Kier molecular flexibility index (Phi) is 7.80. The number of likely N-dealkylation sites (tertiary alicyclic amines) is 2. The highest BCUT2D eigenvalue weighted by Crippen LogP contribution is 2.45. The average Bonchev–Trinajstić information content (AvgIpc) is 3.37. The van der Waals surface area contributed by atoms with Crippen LogP contribution in [0.2, 0.25) is 5.02 Å². The summed E-state index contributed by atoms with van der Waals surface area (Å²) >= 11 is 7.49. The minimum atomic E-state index is -4.04. The van der Waals surface area contributed by atoms with Crippen molar-refractivity contribution in [1.29, 1.82) is 0 Å². The molecule has 0 saturated carbocycles. The van der Waals surface area contributed by atoms with E-state index in [1.54, 1.807) is 9.80 Å². The summed E-state index contributed by atoms with van der Waals surface area (Å²) in [7, 11) is -2.60. The molecule has 2 unspecified atom stereocenters. The molecule has 2 saturated heterocycles. The van der Waals surface area contributed by atoms with Gasteiger partial charge < -0.3 is 19.9 Å². The maximum absolute atomic E-state index is 13.8. The van der Waals surface area contributed by atoms with Crippen LogP contribution >= 0.6 is 22.9 Å². The van der Waals surface area contributed by atoms with Crippen LogP contribution in [0.25, 0.3) is 10.1 Å². The lowest BCUT2D eigenvalue weighted by Gasteiger charge is -2.69. The van der Waals surface area contributed by atoms with E-state index < -0.39 is 39.5 Å². The molecule has 2 N–H and O–H groups in total. The summed E-state index contributed by atoms with van der Waals surface area (Å²) in [4.78, 5) is 43.6. The molecule has 2 aliphatic heterocycles. The number of ether oxygens (including phenoxy) is 1. The highest BCUT2D eigenvalue weighted by atomic mass is 35.5. The van der Waals surface area contributed by atoms with Crippen LogP contribution in [0.4, 0.5) is 0 Å². The second kappa shape index (κ2) is 10.8. The number of sulfonamides is 1. The molecular formula is C29H33ClN4O6S2. The third kappa shape index (κ3) is 5.36. The Labute approximate surface area is 254 Å².